The van der Waals surface area contributed by atoms with Crippen molar-refractivity contribution in [1.29, 1.82) is 0 Å². The molecule has 1 aromatic heterocycles. The number of hydrogen-bond acceptors (Lipinski definition) is 4. The molecule has 26 heavy (non-hydrogen) atoms. The van der Waals surface area contributed by atoms with E-state index in [4.69, 9.17) is 4.74 Å². The molecule has 0 aliphatic rings. The van der Waals surface area contributed by atoms with Crippen molar-refractivity contribution in [3.63, 3.8) is 0 Å². The van der Waals surface area contributed by atoms with E-state index in [1.54, 1.807) is 0 Å². The second kappa shape index (κ2) is 8.80. The van der Waals surface area contributed by atoms with E-state index in [0.29, 0.717) is 24.0 Å². The monoisotopic (exact) mass is 375 g/mol. The van der Waals surface area contributed by atoms with Crippen LogP contribution >= 0.6 is 11.8 Å². The number of nitrogens with zero attached hydrogens (tertiary/aromatic N) is 3. The summed E-state index contributed by atoms with van der Waals surface area (Å²) >= 11 is 1.00. The van der Waals surface area contributed by atoms with Crippen LogP contribution in [0.5, 0.6) is 5.75 Å². The van der Waals surface area contributed by atoms with Gasteiger partial charge in [0.2, 0.25) is 6.43 Å². The Balaban J connectivity index is 1.94. The van der Waals surface area contributed by atoms with Gasteiger partial charge in [-0.05, 0) is 36.8 Å². The van der Waals surface area contributed by atoms with Crippen LogP contribution < -0.4 is 4.74 Å². The largest absolute Gasteiger partial charge is 0.494 e. The molecule has 3 rings (SSSR count). The van der Waals surface area contributed by atoms with Gasteiger partial charge in [-0.3, -0.25) is 4.57 Å². The van der Waals surface area contributed by atoms with E-state index in [-0.39, 0.29) is 5.75 Å². The lowest BCUT2D eigenvalue weighted by molar-refractivity contribution is 0.176. The molecule has 3 aromatic rings. The maximum absolute atomic E-state index is 12.7. The van der Waals surface area contributed by atoms with E-state index < -0.39 is 6.43 Å². The first-order chi connectivity index (χ1) is 12.7. The van der Waals surface area contributed by atoms with Gasteiger partial charge in [-0.15, -0.1) is 10.2 Å². The molecule has 0 saturated heterocycles. The summed E-state index contributed by atoms with van der Waals surface area (Å²) in [7, 11) is 0. The van der Waals surface area contributed by atoms with Crippen molar-refractivity contribution in [2.45, 2.75) is 24.9 Å². The molecule has 0 fully saturated rings. The van der Waals surface area contributed by atoms with Crippen LogP contribution in [0.15, 0.2) is 59.8 Å². The highest BCUT2D eigenvalue weighted by atomic mass is 32.2. The molecule has 0 atom stereocenters. The third-order valence-corrected chi connectivity index (χ3v) is 4.59. The van der Waals surface area contributed by atoms with Gasteiger partial charge >= 0.3 is 0 Å². The number of aromatic nitrogens is 3. The maximum Gasteiger partial charge on any atom is 0.248 e. The first-order valence-corrected chi connectivity index (χ1v) is 9.28. The molecule has 0 spiro atoms. The molecule has 0 radical (unpaired) electrons. The minimum atomic E-state index is -2.40. The van der Waals surface area contributed by atoms with Crippen LogP contribution in [-0.4, -0.2) is 33.5 Å². The average Bonchev–Trinajstić information content (AvgIpc) is 3.04. The van der Waals surface area contributed by atoms with E-state index in [9.17, 15) is 8.78 Å². The highest BCUT2D eigenvalue weighted by Gasteiger charge is 2.16. The highest BCUT2D eigenvalue weighted by Crippen LogP contribution is 2.26. The zero-order valence-electron chi connectivity index (χ0n) is 14.3. The number of benzene rings is 2. The summed E-state index contributed by atoms with van der Waals surface area (Å²) in [5.74, 6) is 1.15. The van der Waals surface area contributed by atoms with Crippen molar-refractivity contribution < 1.29 is 13.5 Å². The Hall–Kier alpha value is -2.41. The van der Waals surface area contributed by atoms with Crippen LogP contribution in [-0.2, 0) is 6.42 Å². The average molecular weight is 375 g/mol. The molecule has 136 valence electrons. The molecule has 0 bridgehead atoms. The Morgan fingerprint density at radius 1 is 1.04 bits per heavy atom. The Bertz CT molecular complexity index is 823. The fourth-order valence-corrected chi connectivity index (χ4v) is 3.26. The van der Waals surface area contributed by atoms with Gasteiger partial charge in [0.1, 0.15) is 11.6 Å². The Morgan fingerprint density at radius 2 is 1.77 bits per heavy atom. The third kappa shape index (κ3) is 4.60. The first kappa shape index (κ1) is 18.4. The van der Waals surface area contributed by atoms with Gasteiger partial charge in [0.05, 0.1) is 12.4 Å². The van der Waals surface area contributed by atoms with Gasteiger partial charge in [-0.1, -0.05) is 42.1 Å². The van der Waals surface area contributed by atoms with Gasteiger partial charge in [0, 0.05) is 12.1 Å². The second-order valence-corrected chi connectivity index (χ2v) is 6.51. The lowest BCUT2D eigenvalue weighted by atomic mass is 10.1. The standard InChI is InChI=1S/C19H19F2N3OS/c1-2-25-16-10-8-15(9-11-16)24-18(12-14-6-4-3-5-7-14)22-23-19(24)26-13-17(20)21/h3-11,17H,2,12-13H2,1H3. The van der Waals surface area contributed by atoms with Crippen molar-refractivity contribution in [3.05, 3.63) is 66.0 Å². The summed E-state index contributed by atoms with van der Waals surface area (Å²) < 4.78 is 32.6. The number of hydrogen-bond donors (Lipinski definition) is 0. The van der Waals surface area contributed by atoms with Crippen LogP contribution in [0, 0.1) is 0 Å². The summed E-state index contributed by atoms with van der Waals surface area (Å²) in [4.78, 5) is 0. The maximum atomic E-state index is 12.7. The van der Waals surface area contributed by atoms with Crippen LogP contribution in [0.1, 0.15) is 18.3 Å². The molecule has 0 aliphatic heterocycles. The van der Waals surface area contributed by atoms with Gasteiger partial charge in [0.15, 0.2) is 5.16 Å². The van der Waals surface area contributed by atoms with Gasteiger partial charge in [-0.25, -0.2) is 8.78 Å². The third-order valence-electron chi connectivity index (χ3n) is 3.65. The van der Waals surface area contributed by atoms with Gasteiger partial charge in [0.25, 0.3) is 0 Å². The Morgan fingerprint density at radius 3 is 2.42 bits per heavy atom. The van der Waals surface area contributed by atoms with Crippen LogP contribution in [0.2, 0.25) is 0 Å². The fraction of sp³-hybridized carbons (Fsp3) is 0.263. The summed E-state index contributed by atoms with van der Waals surface area (Å²) in [5.41, 5.74) is 1.90. The number of thioether (sulfide) groups is 1. The highest BCUT2D eigenvalue weighted by molar-refractivity contribution is 7.99. The molecule has 1 heterocycles. The van der Waals surface area contributed by atoms with E-state index in [0.717, 1.165) is 28.8 Å². The number of halogens is 2. The van der Waals surface area contributed by atoms with Gasteiger partial charge in [-0.2, -0.15) is 0 Å². The predicted octanol–water partition coefficient (Wildman–Crippen LogP) is 4.61. The summed E-state index contributed by atoms with van der Waals surface area (Å²) in [5, 5.41) is 8.83. The molecule has 0 amide bonds. The predicted molar refractivity (Wildman–Crippen MR) is 98.5 cm³/mol. The molecule has 0 N–H and O–H groups in total. The summed E-state index contributed by atoms with van der Waals surface area (Å²) in [6.07, 6.45) is -1.83. The van der Waals surface area contributed by atoms with Crippen LogP contribution in [0.3, 0.4) is 0 Å². The number of alkyl halides is 2. The minimum Gasteiger partial charge on any atom is -0.494 e. The zero-order chi connectivity index (χ0) is 18.4. The molecule has 0 aliphatic carbocycles. The van der Waals surface area contributed by atoms with Crippen molar-refractivity contribution in [1.82, 2.24) is 14.8 Å². The quantitative estimate of drug-likeness (QED) is 0.539. The molecular formula is C19H19F2N3OS. The van der Waals surface area contributed by atoms with E-state index in [1.807, 2.05) is 66.1 Å². The normalized spacial score (nSPS) is 11.1. The summed E-state index contributed by atoms with van der Waals surface area (Å²) in [6, 6.07) is 17.3. The molecule has 2 aromatic carbocycles. The molecule has 4 nitrogen and oxygen atoms in total. The molecular weight excluding hydrogens is 356 g/mol. The van der Waals surface area contributed by atoms with E-state index in [2.05, 4.69) is 10.2 Å². The van der Waals surface area contributed by atoms with Crippen molar-refractivity contribution in [3.8, 4) is 11.4 Å². The fourth-order valence-electron chi connectivity index (χ4n) is 2.54. The molecule has 0 saturated carbocycles. The van der Waals surface area contributed by atoms with Gasteiger partial charge < -0.3 is 4.74 Å². The van der Waals surface area contributed by atoms with Crippen molar-refractivity contribution in [2.24, 2.45) is 0 Å². The number of rotatable bonds is 8. The lowest BCUT2D eigenvalue weighted by Crippen LogP contribution is -2.05. The van der Waals surface area contributed by atoms with Crippen LogP contribution in [0.25, 0.3) is 5.69 Å². The van der Waals surface area contributed by atoms with E-state index in [1.165, 1.54) is 0 Å². The smallest absolute Gasteiger partial charge is 0.248 e. The van der Waals surface area contributed by atoms with Crippen molar-refractivity contribution in [2.75, 3.05) is 12.4 Å². The minimum absolute atomic E-state index is 0.319. The van der Waals surface area contributed by atoms with E-state index >= 15 is 0 Å². The topological polar surface area (TPSA) is 39.9 Å². The zero-order valence-corrected chi connectivity index (χ0v) is 15.1. The van der Waals surface area contributed by atoms with Crippen molar-refractivity contribution >= 4 is 11.8 Å². The second-order valence-electron chi connectivity index (χ2n) is 5.53. The molecule has 0 unspecified atom stereocenters. The lowest BCUT2D eigenvalue weighted by Gasteiger charge is -2.11. The SMILES string of the molecule is CCOc1ccc(-n2c(Cc3ccccc3)nnc2SCC(F)F)cc1. The van der Waals surface area contributed by atoms with Crippen LogP contribution in [0.4, 0.5) is 8.78 Å². The summed E-state index contributed by atoms with van der Waals surface area (Å²) in [6.45, 7) is 2.51. The molecule has 7 heteroatoms. The first-order valence-electron chi connectivity index (χ1n) is 8.29. The number of ether oxygens (including phenoxy) is 1. The Labute approximate surface area is 155 Å². The Kier molecular flexibility index (Phi) is 6.22.